The first-order valence-corrected chi connectivity index (χ1v) is 6.35. The van der Waals surface area contributed by atoms with E-state index in [1.807, 2.05) is 42.5 Å². The first-order chi connectivity index (χ1) is 9.65. The van der Waals surface area contributed by atoms with E-state index in [-0.39, 0.29) is 11.7 Å². The molecule has 0 aliphatic carbocycles. The van der Waals surface area contributed by atoms with Gasteiger partial charge in [0.15, 0.2) is 0 Å². The van der Waals surface area contributed by atoms with Gasteiger partial charge in [-0.2, -0.15) is 0 Å². The van der Waals surface area contributed by atoms with Crippen molar-refractivity contribution >= 4 is 17.8 Å². The summed E-state index contributed by atoms with van der Waals surface area (Å²) in [6.45, 7) is 1.53. The molecule has 100 valence electrons. The first-order valence-electron chi connectivity index (χ1n) is 6.35. The molecule has 2 rings (SSSR count). The molecule has 0 saturated heterocycles. The zero-order chi connectivity index (χ0) is 14.4. The van der Waals surface area contributed by atoms with Gasteiger partial charge in [0, 0.05) is 6.08 Å². The fraction of sp³-hybridized carbons (Fsp3) is 0.0588. The van der Waals surface area contributed by atoms with E-state index >= 15 is 0 Å². The van der Waals surface area contributed by atoms with Crippen molar-refractivity contribution in [1.29, 1.82) is 5.41 Å². The topological polar surface area (TPSA) is 53.0 Å². The molecule has 1 amide bonds. The lowest BCUT2D eigenvalue weighted by molar-refractivity contribution is -0.115. The standard InChI is InChI=1S/C17H16N2O/c1-13(18)19-17(20)12-9-14-7-10-16(11-8-14)15-5-3-2-4-6-15/h2-12H,1H3,(H2,18,19,20)/b12-9+. The maximum absolute atomic E-state index is 11.4. The van der Waals surface area contributed by atoms with E-state index in [1.54, 1.807) is 6.08 Å². The Balaban J connectivity index is 2.07. The summed E-state index contributed by atoms with van der Waals surface area (Å²) in [6.07, 6.45) is 3.16. The number of nitrogens with one attached hydrogen (secondary N) is 2. The highest BCUT2D eigenvalue weighted by molar-refractivity contribution is 6.02. The van der Waals surface area contributed by atoms with Crippen LogP contribution in [0.15, 0.2) is 60.7 Å². The number of carbonyl (C=O) groups excluding carboxylic acids is 1. The highest BCUT2D eigenvalue weighted by Gasteiger charge is 1.97. The number of rotatable bonds is 3. The molecule has 0 aliphatic rings. The minimum Gasteiger partial charge on any atom is -0.311 e. The summed E-state index contributed by atoms with van der Waals surface area (Å²) >= 11 is 0. The molecule has 2 aromatic carbocycles. The van der Waals surface area contributed by atoms with Gasteiger partial charge in [-0.05, 0) is 29.7 Å². The van der Waals surface area contributed by atoms with Crippen molar-refractivity contribution in [3.05, 3.63) is 66.2 Å². The lowest BCUT2D eigenvalue weighted by atomic mass is 10.0. The van der Waals surface area contributed by atoms with Crippen LogP contribution in [-0.2, 0) is 4.79 Å². The second kappa shape index (κ2) is 6.48. The van der Waals surface area contributed by atoms with Gasteiger partial charge in [-0.1, -0.05) is 54.6 Å². The predicted octanol–water partition coefficient (Wildman–Crippen LogP) is 3.48. The molecule has 0 aliphatic heterocycles. The van der Waals surface area contributed by atoms with Crippen molar-refractivity contribution in [2.24, 2.45) is 0 Å². The zero-order valence-corrected chi connectivity index (χ0v) is 11.3. The van der Waals surface area contributed by atoms with E-state index in [4.69, 9.17) is 5.41 Å². The van der Waals surface area contributed by atoms with Gasteiger partial charge in [0.2, 0.25) is 5.91 Å². The Kier molecular flexibility index (Phi) is 4.45. The van der Waals surface area contributed by atoms with Gasteiger partial charge in [0.05, 0.1) is 5.84 Å². The van der Waals surface area contributed by atoms with Crippen molar-refractivity contribution in [2.45, 2.75) is 6.92 Å². The summed E-state index contributed by atoms with van der Waals surface area (Å²) in [4.78, 5) is 11.4. The Bertz CT molecular complexity index is 628. The molecule has 0 unspecified atom stereocenters. The average molecular weight is 264 g/mol. The molecule has 2 aromatic rings. The molecule has 0 saturated carbocycles. The fourth-order valence-corrected chi connectivity index (χ4v) is 1.82. The van der Waals surface area contributed by atoms with E-state index in [1.165, 1.54) is 18.6 Å². The molecule has 0 aromatic heterocycles. The minimum atomic E-state index is -0.287. The predicted molar refractivity (Wildman–Crippen MR) is 82.5 cm³/mol. The maximum Gasteiger partial charge on any atom is 0.249 e. The SMILES string of the molecule is CC(=N)NC(=O)/C=C/c1ccc(-c2ccccc2)cc1. The zero-order valence-electron chi connectivity index (χ0n) is 11.3. The van der Waals surface area contributed by atoms with E-state index in [2.05, 4.69) is 17.4 Å². The van der Waals surface area contributed by atoms with E-state index in [0.29, 0.717) is 0 Å². The van der Waals surface area contributed by atoms with Gasteiger partial charge in [-0.3, -0.25) is 10.2 Å². The number of carbonyl (C=O) groups is 1. The normalized spacial score (nSPS) is 10.4. The van der Waals surface area contributed by atoms with Gasteiger partial charge in [0.1, 0.15) is 0 Å². The number of amides is 1. The molecule has 20 heavy (non-hydrogen) atoms. The molecule has 0 atom stereocenters. The van der Waals surface area contributed by atoms with Gasteiger partial charge >= 0.3 is 0 Å². The van der Waals surface area contributed by atoms with Gasteiger partial charge in [0.25, 0.3) is 0 Å². The van der Waals surface area contributed by atoms with Crippen molar-refractivity contribution in [3.63, 3.8) is 0 Å². The smallest absolute Gasteiger partial charge is 0.249 e. The summed E-state index contributed by atoms with van der Waals surface area (Å²) in [5.41, 5.74) is 3.25. The Morgan fingerprint density at radius 3 is 2.20 bits per heavy atom. The third-order valence-corrected chi connectivity index (χ3v) is 2.76. The van der Waals surface area contributed by atoms with Gasteiger partial charge < -0.3 is 5.32 Å². The van der Waals surface area contributed by atoms with Crippen LogP contribution in [0.4, 0.5) is 0 Å². The number of hydrogen-bond donors (Lipinski definition) is 2. The third-order valence-electron chi connectivity index (χ3n) is 2.76. The van der Waals surface area contributed by atoms with Crippen LogP contribution < -0.4 is 5.32 Å². The monoisotopic (exact) mass is 264 g/mol. The second-order valence-corrected chi connectivity index (χ2v) is 4.44. The van der Waals surface area contributed by atoms with Crippen LogP contribution >= 0.6 is 0 Å². The number of hydrogen-bond acceptors (Lipinski definition) is 2. The first kappa shape index (κ1) is 13.7. The summed E-state index contributed by atoms with van der Waals surface area (Å²) in [7, 11) is 0. The molecule has 0 bridgehead atoms. The molecule has 3 nitrogen and oxygen atoms in total. The van der Waals surface area contributed by atoms with Gasteiger partial charge in [-0.15, -0.1) is 0 Å². The third kappa shape index (κ3) is 3.92. The van der Waals surface area contributed by atoms with E-state index < -0.39 is 0 Å². The van der Waals surface area contributed by atoms with Gasteiger partial charge in [-0.25, -0.2) is 0 Å². The molecule has 0 heterocycles. The summed E-state index contributed by atoms with van der Waals surface area (Å²) in [5.74, 6) is -0.149. The van der Waals surface area contributed by atoms with Crippen LogP contribution in [0.25, 0.3) is 17.2 Å². The fourth-order valence-electron chi connectivity index (χ4n) is 1.82. The average Bonchev–Trinajstić information content (AvgIpc) is 2.46. The van der Waals surface area contributed by atoms with Crippen LogP contribution in [-0.4, -0.2) is 11.7 Å². The van der Waals surface area contributed by atoms with Crippen molar-refractivity contribution in [3.8, 4) is 11.1 Å². The lowest BCUT2D eigenvalue weighted by Gasteiger charge is -2.02. The van der Waals surface area contributed by atoms with Crippen LogP contribution in [0, 0.1) is 5.41 Å². The van der Waals surface area contributed by atoms with Crippen molar-refractivity contribution in [1.82, 2.24) is 5.32 Å². The number of benzene rings is 2. The van der Waals surface area contributed by atoms with Crippen LogP contribution in [0.5, 0.6) is 0 Å². The minimum absolute atomic E-state index is 0.138. The number of amidine groups is 1. The molecule has 0 fully saturated rings. The summed E-state index contributed by atoms with van der Waals surface area (Å²) in [6, 6.07) is 18.1. The Hall–Kier alpha value is -2.68. The van der Waals surface area contributed by atoms with Crippen molar-refractivity contribution < 1.29 is 4.79 Å². The Labute approximate surface area is 118 Å². The lowest BCUT2D eigenvalue weighted by Crippen LogP contribution is -2.25. The molecule has 3 heteroatoms. The molecule has 0 radical (unpaired) electrons. The van der Waals surface area contributed by atoms with E-state index in [0.717, 1.165) is 11.1 Å². The largest absolute Gasteiger partial charge is 0.311 e. The molecular formula is C17H16N2O. The van der Waals surface area contributed by atoms with E-state index in [9.17, 15) is 4.79 Å². The quantitative estimate of drug-likeness (QED) is 0.497. The van der Waals surface area contributed by atoms with Crippen LogP contribution in [0.3, 0.4) is 0 Å². The highest BCUT2D eigenvalue weighted by Crippen LogP contribution is 2.19. The second-order valence-electron chi connectivity index (χ2n) is 4.44. The van der Waals surface area contributed by atoms with Crippen LogP contribution in [0.2, 0.25) is 0 Å². The van der Waals surface area contributed by atoms with Crippen molar-refractivity contribution in [2.75, 3.05) is 0 Å². The van der Waals surface area contributed by atoms with Crippen LogP contribution in [0.1, 0.15) is 12.5 Å². The molecular weight excluding hydrogens is 248 g/mol. The summed E-state index contributed by atoms with van der Waals surface area (Å²) < 4.78 is 0. The molecule has 0 spiro atoms. The Morgan fingerprint density at radius 1 is 1.00 bits per heavy atom. The maximum atomic E-state index is 11.4. The summed E-state index contributed by atoms with van der Waals surface area (Å²) in [5, 5.41) is 9.57. The Morgan fingerprint density at radius 2 is 1.60 bits per heavy atom. The molecule has 2 N–H and O–H groups in total. The highest BCUT2D eigenvalue weighted by atomic mass is 16.1.